The molecule has 112 valence electrons. The van der Waals surface area contributed by atoms with E-state index < -0.39 is 0 Å². The van der Waals surface area contributed by atoms with E-state index in [1.165, 1.54) is 22.8 Å². The number of hydrogen-bond donors (Lipinski definition) is 0. The third kappa shape index (κ3) is 2.84. The molecule has 1 aliphatic rings. The Morgan fingerprint density at radius 3 is 3.19 bits per heavy atom. The molecule has 21 heavy (non-hydrogen) atoms. The standard InChI is InChI=1S/C14H17N3O3S/c1-20-13(19)11-4-2-3-5-16(11)9-10-8-12(18)17-6-7-21-14(17)15-10/h6-8,11H,2-5,9H2,1H3. The number of esters is 1. The molecule has 1 unspecified atom stereocenters. The Morgan fingerprint density at radius 1 is 1.52 bits per heavy atom. The fourth-order valence-electron chi connectivity index (χ4n) is 2.76. The molecule has 0 aliphatic carbocycles. The summed E-state index contributed by atoms with van der Waals surface area (Å²) < 4.78 is 6.40. The van der Waals surface area contributed by atoms with Crippen molar-refractivity contribution < 1.29 is 9.53 Å². The van der Waals surface area contributed by atoms with Gasteiger partial charge in [-0.15, -0.1) is 11.3 Å². The van der Waals surface area contributed by atoms with Crippen molar-refractivity contribution >= 4 is 22.3 Å². The van der Waals surface area contributed by atoms with Crippen LogP contribution in [0.3, 0.4) is 0 Å². The molecule has 6 nitrogen and oxygen atoms in total. The van der Waals surface area contributed by atoms with Crippen LogP contribution >= 0.6 is 11.3 Å². The van der Waals surface area contributed by atoms with Crippen LogP contribution in [0.15, 0.2) is 22.4 Å². The molecule has 0 saturated carbocycles. The average molecular weight is 307 g/mol. The van der Waals surface area contributed by atoms with Crippen LogP contribution in [0.2, 0.25) is 0 Å². The predicted molar refractivity (Wildman–Crippen MR) is 79.4 cm³/mol. The van der Waals surface area contributed by atoms with Crippen molar-refractivity contribution in [1.29, 1.82) is 0 Å². The Bertz CT molecular complexity index is 709. The smallest absolute Gasteiger partial charge is 0.323 e. The molecule has 2 aromatic rings. The molecule has 0 bridgehead atoms. The van der Waals surface area contributed by atoms with Crippen molar-refractivity contribution in [3.8, 4) is 0 Å². The summed E-state index contributed by atoms with van der Waals surface area (Å²) in [5, 5.41) is 1.84. The van der Waals surface area contributed by atoms with Gasteiger partial charge in [0, 0.05) is 24.2 Å². The first-order valence-corrected chi connectivity index (χ1v) is 7.84. The van der Waals surface area contributed by atoms with E-state index in [0.29, 0.717) is 17.2 Å². The number of rotatable bonds is 3. The van der Waals surface area contributed by atoms with Gasteiger partial charge in [0.25, 0.3) is 5.56 Å². The minimum absolute atomic E-state index is 0.0807. The highest BCUT2D eigenvalue weighted by molar-refractivity contribution is 7.15. The van der Waals surface area contributed by atoms with Crippen LogP contribution < -0.4 is 5.56 Å². The van der Waals surface area contributed by atoms with Gasteiger partial charge in [0.15, 0.2) is 4.96 Å². The van der Waals surface area contributed by atoms with Gasteiger partial charge in [0.05, 0.1) is 12.8 Å². The molecule has 1 fully saturated rings. The fraction of sp³-hybridized carbons (Fsp3) is 0.500. The Kier molecular flexibility index (Phi) is 4.03. The van der Waals surface area contributed by atoms with Crippen molar-refractivity contribution in [2.75, 3.05) is 13.7 Å². The number of ether oxygens (including phenoxy) is 1. The van der Waals surface area contributed by atoms with E-state index >= 15 is 0 Å². The number of piperidine rings is 1. The van der Waals surface area contributed by atoms with Gasteiger partial charge >= 0.3 is 5.97 Å². The lowest BCUT2D eigenvalue weighted by molar-refractivity contribution is -0.148. The van der Waals surface area contributed by atoms with Crippen LogP contribution in [-0.2, 0) is 16.1 Å². The van der Waals surface area contributed by atoms with E-state index in [2.05, 4.69) is 9.88 Å². The Balaban J connectivity index is 1.85. The van der Waals surface area contributed by atoms with E-state index in [-0.39, 0.29) is 17.6 Å². The van der Waals surface area contributed by atoms with Gasteiger partial charge in [-0.05, 0) is 19.4 Å². The third-order valence-electron chi connectivity index (χ3n) is 3.81. The van der Waals surface area contributed by atoms with E-state index in [9.17, 15) is 9.59 Å². The van der Waals surface area contributed by atoms with Crippen molar-refractivity contribution in [2.45, 2.75) is 31.8 Å². The summed E-state index contributed by atoms with van der Waals surface area (Å²) in [5.41, 5.74) is 0.626. The number of aromatic nitrogens is 2. The van der Waals surface area contributed by atoms with Gasteiger partial charge in [0.1, 0.15) is 6.04 Å². The molecule has 0 aromatic carbocycles. The lowest BCUT2D eigenvalue weighted by atomic mass is 10.0. The number of carbonyl (C=O) groups is 1. The van der Waals surface area contributed by atoms with Gasteiger partial charge in [0.2, 0.25) is 0 Å². The SMILES string of the molecule is COC(=O)C1CCCCN1Cc1cc(=O)n2ccsc2n1. The maximum Gasteiger partial charge on any atom is 0.323 e. The van der Waals surface area contributed by atoms with Crippen LogP contribution in [0.1, 0.15) is 25.0 Å². The molecule has 1 aliphatic heterocycles. The summed E-state index contributed by atoms with van der Waals surface area (Å²) in [6, 6.07) is 1.31. The van der Waals surface area contributed by atoms with Crippen molar-refractivity contribution in [3.05, 3.63) is 33.7 Å². The van der Waals surface area contributed by atoms with Crippen LogP contribution in [0.5, 0.6) is 0 Å². The molecule has 0 spiro atoms. The van der Waals surface area contributed by atoms with Gasteiger partial charge in [-0.2, -0.15) is 0 Å². The van der Waals surface area contributed by atoms with E-state index in [1.54, 1.807) is 12.3 Å². The quantitative estimate of drug-likeness (QED) is 0.799. The molecular formula is C14H17N3O3S. The van der Waals surface area contributed by atoms with E-state index in [0.717, 1.165) is 25.8 Å². The molecule has 0 N–H and O–H groups in total. The fourth-order valence-corrected chi connectivity index (χ4v) is 3.50. The maximum atomic E-state index is 12.0. The summed E-state index contributed by atoms with van der Waals surface area (Å²) in [6.07, 6.45) is 4.59. The van der Waals surface area contributed by atoms with E-state index in [1.807, 2.05) is 5.38 Å². The third-order valence-corrected chi connectivity index (χ3v) is 4.56. The summed E-state index contributed by atoms with van der Waals surface area (Å²) in [5.74, 6) is -0.205. The molecule has 0 amide bonds. The topological polar surface area (TPSA) is 63.9 Å². The van der Waals surface area contributed by atoms with Gasteiger partial charge < -0.3 is 4.74 Å². The number of thiazole rings is 1. The largest absolute Gasteiger partial charge is 0.468 e. The molecule has 0 radical (unpaired) electrons. The molecule has 2 aromatic heterocycles. The van der Waals surface area contributed by atoms with Crippen molar-refractivity contribution in [1.82, 2.24) is 14.3 Å². The van der Waals surface area contributed by atoms with Gasteiger partial charge in [-0.1, -0.05) is 6.42 Å². The van der Waals surface area contributed by atoms with Gasteiger partial charge in [-0.3, -0.25) is 18.9 Å². The van der Waals surface area contributed by atoms with E-state index in [4.69, 9.17) is 4.74 Å². The first-order chi connectivity index (χ1) is 10.2. The Hall–Kier alpha value is -1.73. The number of nitrogens with zero attached hydrogens (tertiary/aromatic N) is 3. The Morgan fingerprint density at radius 2 is 2.38 bits per heavy atom. The van der Waals surface area contributed by atoms with Crippen LogP contribution in [-0.4, -0.2) is 40.0 Å². The van der Waals surface area contributed by atoms with Crippen molar-refractivity contribution in [3.63, 3.8) is 0 Å². The molecule has 7 heteroatoms. The van der Waals surface area contributed by atoms with Crippen LogP contribution in [0, 0.1) is 0 Å². The summed E-state index contributed by atoms with van der Waals surface area (Å²) in [4.78, 5) is 31.1. The highest BCUT2D eigenvalue weighted by Gasteiger charge is 2.29. The number of methoxy groups -OCH3 is 1. The second kappa shape index (κ2) is 5.95. The maximum absolute atomic E-state index is 12.0. The average Bonchev–Trinajstić information content (AvgIpc) is 2.96. The zero-order valence-electron chi connectivity index (χ0n) is 11.8. The minimum atomic E-state index is -0.229. The molecule has 3 heterocycles. The molecule has 1 atom stereocenters. The highest BCUT2D eigenvalue weighted by Crippen LogP contribution is 2.20. The van der Waals surface area contributed by atoms with Gasteiger partial charge in [-0.25, -0.2) is 4.98 Å². The summed E-state index contributed by atoms with van der Waals surface area (Å²) in [6.45, 7) is 1.33. The van der Waals surface area contributed by atoms with Crippen molar-refractivity contribution in [2.24, 2.45) is 0 Å². The molecule has 1 saturated heterocycles. The zero-order chi connectivity index (χ0) is 14.8. The first kappa shape index (κ1) is 14.2. The second-order valence-corrected chi connectivity index (χ2v) is 6.02. The molecular weight excluding hydrogens is 290 g/mol. The summed E-state index contributed by atoms with van der Waals surface area (Å²) in [7, 11) is 1.41. The summed E-state index contributed by atoms with van der Waals surface area (Å²) >= 11 is 1.43. The van der Waals surface area contributed by atoms with Crippen LogP contribution in [0.4, 0.5) is 0 Å². The first-order valence-electron chi connectivity index (χ1n) is 6.96. The number of hydrogen-bond acceptors (Lipinski definition) is 6. The lowest BCUT2D eigenvalue weighted by Crippen LogP contribution is -2.44. The Labute approximate surface area is 126 Å². The number of carbonyl (C=O) groups excluding carboxylic acids is 1. The highest BCUT2D eigenvalue weighted by atomic mass is 32.1. The second-order valence-electron chi connectivity index (χ2n) is 5.15. The lowest BCUT2D eigenvalue weighted by Gasteiger charge is -2.33. The number of likely N-dealkylation sites (tertiary alicyclic amines) is 1. The monoisotopic (exact) mass is 307 g/mol. The normalized spacial score (nSPS) is 19.8. The minimum Gasteiger partial charge on any atom is -0.468 e. The number of fused-ring (bicyclic) bond motifs is 1. The predicted octanol–water partition coefficient (Wildman–Crippen LogP) is 1.28. The zero-order valence-corrected chi connectivity index (χ0v) is 12.6. The van der Waals surface area contributed by atoms with Crippen LogP contribution in [0.25, 0.3) is 4.96 Å². The molecule has 3 rings (SSSR count).